The Labute approximate surface area is 219 Å². The Hall–Kier alpha value is -3.78. The van der Waals surface area contributed by atoms with Crippen LogP contribution < -0.4 is 5.32 Å². The summed E-state index contributed by atoms with van der Waals surface area (Å²) in [6.07, 6.45) is 4.98. The van der Waals surface area contributed by atoms with Crippen molar-refractivity contribution in [1.82, 2.24) is 15.0 Å². The van der Waals surface area contributed by atoms with Crippen molar-refractivity contribution in [3.05, 3.63) is 87.1 Å². The molecule has 0 bridgehead atoms. The fourth-order valence-corrected chi connectivity index (χ4v) is 6.30. The van der Waals surface area contributed by atoms with Crippen molar-refractivity contribution in [2.24, 2.45) is 0 Å². The molecule has 37 heavy (non-hydrogen) atoms. The molecule has 0 atom stereocenters. The average molecular weight is 513 g/mol. The molecule has 0 unspecified atom stereocenters. The molecule has 2 aromatic heterocycles. The summed E-state index contributed by atoms with van der Waals surface area (Å²) in [5.41, 5.74) is 5.97. The topological polar surface area (TPSA) is 88.3 Å². The number of fused-ring (bicyclic) bond motifs is 1. The van der Waals surface area contributed by atoms with E-state index in [9.17, 15) is 9.59 Å². The largest absolute Gasteiger partial charge is 0.360 e. The molecule has 4 aromatic rings. The Balaban J connectivity index is 1.09. The van der Waals surface area contributed by atoms with Gasteiger partial charge in [-0.25, -0.2) is 4.98 Å². The van der Waals surface area contributed by atoms with E-state index < -0.39 is 0 Å². The van der Waals surface area contributed by atoms with Crippen molar-refractivity contribution in [1.29, 1.82) is 0 Å². The first-order valence-electron chi connectivity index (χ1n) is 12.8. The first-order chi connectivity index (χ1) is 18.1. The highest BCUT2D eigenvalue weighted by atomic mass is 32.1. The summed E-state index contributed by atoms with van der Waals surface area (Å²) >= 11 is 1.52. The minimum Gasteiger partial charge on any atom is -0.360 e. The summed E-state index contributed by atoms with van der Waals surface area (Å²) in [7, 11) is 0. The second-order valence-electron chi connectivity index (χ2n) is 9.76. The number of amides is 2. The van der Waals surface area contributed by atoms with Crippen LogP contribution in [0.1, 0.15) is 67.9 Å². The molecule has 6 rings (SSSR count). The number of thiazole rings is 1. The minimum atomic E-state index is -0.176. The molecule has 7 nitrogen and oxygen atoms in total. The summed E-state index contributed by atoms with van der Waals surface area (Å²) in [5, 5.41) is 9.96. The van der Waals surface area contributed by atoms with Gasteiger partial charge in [0.2, 0.25) is 0 Å². The van der Waals surface area contributed by atoms with Gasteiger partial charge in [0, 0.05) is 35.6 Å². The highest BCUT2D eigenvalue weighted by molar-refractivity contribution is 7.10. The van der Waals surface area contributed by atoms with Crippen molar-refractivity contribution in [3.63, 3.8) is 0 Å². The van der Waals surface area contributed by atoms with E-state index in [1.54, 1.807) is 6.92 Å². The molecule has 1 aliphatic heterocycles. The number of hydrogen-bond donors (Lipinski definition) is 1. The Morgan fingerprint density at radius 3 is 2.65 bits per heavy atom. The molecule has 0 spiro atoms. The van der Waals surface area contributed by atoms with Crippen LogP contribution in [0.4, 0.5) is 5.69 Å². The van der Waals surface area contributed by atoms with Crippen molar-refractivity contribution >= 4 is 28.8 Å². The van der Waals surface area contributed by atoms with E-state index in [1.807, 2.05) is 46.7 Å². The monoisotopic (exact) mass is 512 g/mol. The lowest BCUT2D eigenvalue weighted by atomic mass is 9.96. The van der Waals surface area contributed by atoms with Gasteiger partial charge in [-0.2, -0.15) is 0 Å². The fraction of sp³-hybridized carbons (Fsp3) is 0.310. The molecule has 2 aromatic carbocycles. The van der Waals surface area contributed by atoms with Crippen LogP contribution in [0.5, 0.6) is 0 Å². The van der Waals surface area contributed by atoms with Crippen LogP contribution in [0.3, 0.4) is 0 Å². The second-order valence-corrected chi connectivity index (χ2v) is 10.6. The first kappa shape index (κ1) is 23.6. The molecule has 1 fully saturated rings. The molecule has 0 radical (unpaired) electrons. The Bertz CT molecular complexity index is 1450. The summed E-state index contributed by atoms with van der Waals surface area (Å²) in [6, 6.07) is 15.8. The van der Waals surface area contributed by atoms with Crippen molar-refractivity contribution in [2.75, 3.05) is 18.4 Å². The number of hydrogen-bond acceptors (Lipinski definition) is 6. The number of nitrogens with zero attached hydrogens (tertiary/aromatic N) is 3. The van der Waals surface area contributed by atoms with Crippen molar-refractivity contribution < 1.29 is 14.1 Å². The number of piperidine rings is 1. The molecule has 188 valence electrons. The standard InChI is InChI=1S/C29H28N4O3S/c1-18-25(26(32-36-18)20-6-3-2-4-7-20)29(35)33-14-12-21(13-15-33)28-31-24(17-37-28)27(34)30-23-11-10-19-8-5-9-22(19)16-23/h2-4,6-7,10-11,16-17,21H,5,8-9,12-15H2,1H3,(H,30,34). The number of rotatable bonds is 5. The summed E-state index contributed by atoms with van der Waals surface area (Å²) in [6.45, 7) is 3.03. The maximum Gasteiger partial charge on any atom is 0.275 e. The van der Waals surface area contributed by atoms with E-state index in [4.69, 9.17) is 4.52 Å². The maximum absolute atomic E-state index is 13.4. The highest BCUT2D eigenvalue weighted by Gasteiger charge is 2.31. The fourth-order valence-electron chi connectivity index (χ4n) is 5.33. The number of benzene rings is 2. The summed E-state index contributed by atoms with van der Waals surface area (Å²) in [4.78, 5) is 32.8. The molecular weight excluding hydrogens is 484 g/mol. The molecular formula is C29H28N4O3S. The molecule has 8 heteroatoms. The molecule has 2 aliphatic rings. The Morgan fingerprint density at radius 1 is 1.05 bits per heavy atom. The van der Waals surface area contributed by atoms with Gasteiger partial charge in [0.15, 0.2) is 0 Å². The van der Waals surface area contributed by atoms with E-state index >= 15 is 0 Å². The maximum atomic E-state index is 13.4. The normalized spacial score (nSPS) is 15.5. The number of aryl methyl sites for hydroxylation is 3. The van der Waals surface area contributed by atoms with Gasteiger partial charge in [-0.05, 0) is 62.3 Å². The van der Waals surface area contributed by atoms with Gasteiger partial charge < -0.3 is 14.7 Å². The number of aromatic nitrogens is 2. The predicted molar refractivity (Wildman–Crippen MR) is 143 cm³/mol. The SMILES string of the molecule is Cc1onc(-c2ccccc2)c1C(=O)N1CCC(c2nc(C(=O)Nc3ccc4c(c3)CCC4)cs2)CC1. The number of likely N-dealkylation sites (tertiary alicyclic amines) is 1. The van der Waals surface area contributed by atoms with Gasteiger partial charge in [-0.15, -0.1) is 11.3 Å². The van der Waals surface area contributed by atoms with Crippen LogP contribution >= 0.6 is 11.3 Å². The smallest absolute Gasteiger partial charge is 0.275 e. The zero-order valence-corrected chi connectivity index (χ0v) is 21.5. The summed E-state index contributed by atoms with van der Waals surface area (Å²) in [5.74, 6) is 0.534. The lowest BCUT2D eigenvalue weighted by Gasteiger charge is -2.31. The molecule has 1 saturated heterocycles. The molecule has 1 aliphatic carbocycles. The predicted octanol–water partition coefficient (Wildman–Crippen LogP) is 5.87. The number of nitrogens with one attached hydrogen (secondary N) is 1. The third kappa shape index (κ3) is 4.69. The van der Waals surface area contributed by atoms with Crippen LogP contribution in [-0.4, -0.2) is 39.9 Å². The molecule has 1 N–H and O–H groups in total. The number of anilines is 1. The highest BCUT2D eigenvalue weighted by Crippen LogP contribution is 2.33. The van der Waals surface area contributed by atoms with E-state index in [1.165, 1.54) is 28.9 Å². The quantitative estimate of drug-likeness (QED) is 0.361. The van der Waals surface area contributed by atoms with Gasteiger partial charge in [0.25, 0.3) is 11.8 Å². The zero-order chi connectivity index (χ0) is 25.4. The summed E-state index contributed by atoms with van der Waals surface area (Å²) < 4.78 is 5.40. The number of carbonyl (C=O) groups is 2. The van der Waals surface area contributed by atoms with Gasteiger partial charge in [-0.3, -0.25) is 9.59 Å². The van der Waals surface area contributed by atoms with E-state index in [0.717, 1.165) is 41.9 Å². The van der Waals surface area contributed by atoms with E-state index in [-0.39, 0.29) is 17.7 Å². The molecule has 2 amide bonds. The van der Waals surface area contributed by atoms with Gasteiger partial charge in [0.1, 0.15) is 22.7 Å². The van der Waals surface area contributed by atoms with Gasteiger partial charge in [-0.1, -0.05) is 41.6 Å². The first-order valence-corrected chi connectivity index (χ1v) is 13.6. The van der Waals surface area contributed by atoms with Crippen LogP contribution in [0, 0.1) is 6.92 Å². The van der Waals surface area contributed by atoms with Crippen LogP contribution in [-0.2, 0) is 12.8 Å². The molecule has 0 saturated carbocycles. The van der Waals surface area contributed by atoms with E-state index in [2.05, 4.69) is 27.6 Å². The minimum absolute atomic E-state index is 0.0513. The van der Waals surface area contributed by atoms with Crippen LogP contribution in [0.2, 0.25) is 0 Å². The van der Waals surface area contributed by atoms with Gasteiger partial charge in [0.05, 0.1) is 5.01 Å². The zero-order valence-electron chi connectivity index (χ0n) is 20.7. The Morgan fingerprint density at radius 2 is 1.84 bits per heavy atom. The second kappa shape index (κ2) is 9.94. The van der Waals surface area contributed by atoms with Crippen molar-refractivity contribution in [2.45, 2.75) is 44.9 Å². The van der Waals surface area contributed by atoms with Crippen LogP contribution in [0.25, 0.3) is 11.3 Å². The third-order valence-electron chi connectivity index (χ3n) is 7.37. The third-order valence-corrected chi connectivity index (χ3v) is 8.37. The van der Waals surface area contributed by atoms with Crippen molar-refractivity contribution in [3.8, 4) is 11.3 Å². The van der Waals surface area contributed by atoms with E-state index in [0.29, 0.717) is 35.8 Å². The van der Waals surface area contributed by atoms with Gasteiger partial charge >= 0.3 is 0 Å². The lowest BCUT2D eigenvalue weighted by Crippen LogP contribution is -2.38. The molecule has 3 heterocycles. The van der Waals surface area contributed by atoms with Crippen LogP contribution in [0.15, 0.2) is 58.4 Å². The lowest BCUT2D eigenvalue weighted by molar-refractivity contribution is 0.0711. The average Bonchev–Trinajstić information content (AvgIpc) is 3.68. The number of carbonyl (C=O) groups excluding carboxylic acids is 2. The Kier molecular flexibility index (Phi) is 6.34.